The third-order valence-electron chi connectivity index (χ3n) is 5.66. The smallest absolute Gasteiger partial charge is 0.405 e. The van der Waals surface area contributed by atoms with E-state index in [1.54, 1.807) is 0 Å². The average molecular weight is 360 g/mol. The molecule has 7 heteroatoms. The maximum Gasteiger partial charge on any atom is 0.405 e. The lowest BCUT2D eigenvalue weighted by Crippen LogP contribution is -2.54. The van der Waals surface area contributed by atoms with Crippen molar-refractivity contribution < 1.29 is 24.2 Å². The molecule has 1 aromatic carbocycles. The third-order valence-corrected chi connectivity index (χ3v) is 5.66. The molecule has 4 rings (SSSR count). The van der Waals surface area contributed by atoms with Crippen LogP contribution in [0.15, 0.2) is 12.1 Å². The van der Waals surface area contributed by atoms with Gasteiger partial charge in [-0.2, -0.15) is 0 Å². The lowest BCUT2D eigenvalue weighted by Gasteiger charge is -2.37. The van der Waals surface area contributed by atoms with Crippen molar-refractivity contribution in [3.63, 3.8) is 0 Å². The number of carboxylic acid groups (broad SMARTS) is 1. The first-order valence-corrected chi connectivity index (χ1v) is 9.11. The number of hydrogen-bond acceptors (Lipinski definition) is 4. The predicted molar refractivity (Wildman–Crippen MR) is 93.8 cm³/mol. The van der Waals surface area contributed by atoms with Crippen LogP contribution in [0.1, 0.15) is 43.7 Å². The van der Waals surface area contributed by atoms with Gasteiger partial charge in [-0.25, -0.2) is 4.79 Å². The molecule has 1 aliphatic heterocycles. The first-order chi connectivity index (χ1) is 12.4. The number of amides is 2. The second-order valence-electron chi connectivity index (χ2n) is 7.74. The maximum atomic E-state index is 11.9. The molecule has 140 valence electrons. The third kappa shape index (κ3) is 2.95. The fourth-order valence-electron chi connectivity index (χ4n) is 3.82. The zero-order valence-electron chi connectivity index (χ0n) is 15.0. The summed E-state index contributed by atoms with van der Waals surface area (Å²) in [5.74, 6) is 1.59. The maximum absolute atomic E-state index is 11.9. The quantitative estimate of drug-likeness (QED) is 0.747. The van der Waals surface area contributed by atoms with Gasteiger partial charge < -0.3 is 25.2 Å². The van der Waals surface area contributed by atoms with Crippen LogP contribution >= 0.6 is 0 Å². The van der Waals surface area contributed by atoms with Crippen molar-refractivity contribution in [2.24, 2.45) is 0 Å². The van der Waals surface area contributed by atoms with E-state index in [1.807, 2.05) is 12.1 Å². The number of hydrogen-bond donors (Lipinski definition) is 3. The Morgan fingerprint density at radius 3 is 2.73 bits per heavy atom. The minimum absolute atomic E-state index is 0.0233. The van der Waals surface area contributed by atoms with Crippen LogP contribution in [0.2, 0.25) is 0 Å². The van der Waals surface area contributed by atoms with Gasteiger partial charge >= 0.3 is 6.09 Å². The Labute approximate surface area is 152 Å². The normalized spacial score (nSPS) is 25.5. The number of aryl methyl sites for hydroxylation is 1. The summed E-state index contributed by atoms with van der Waals surface area (Å²) in [4.78, 5) is 22.5. The van der Waals surface area contributed by atoms with Crippen LogP contribution in [0.5, 0.6) is 11.5 Å². The molecular weight excluding hydrogens is 336 g/mol. The van der Waals surface area contributed by atoms with Crippen molar-refractivity contribution in [2.75, 3.05) is 6.61 Å². The Balaban J connectivity index is 1.34. The minimum Gasteiger partial charge on any atom is -0.492 e. The van der Waals surface area contributed by atoms with Gasteiger partial charge in [0.15, 0.2) is 0 Å². The Hall–Kier alpha value is -2.44. The van der Waals surface area contributed by atoms with Crippen molar-refractivity contribution in [3.05, 3.63) is 23.3 Å². The molecule has 7 nitrogen and oxygen atoms in total. The van der Waals surface area contributed by atoms with Crippen LogP contribution in [0, 0.1) is 6.92 Å². The first kappa shape index (κ1) is 17.0. The lowest BCUT2D eigenvalue weighted by atomic mass is 9.88. The topological polar surface area (TPSA) is 96.9 Å². The number of nitrogens with one attached hydrogen (secondary N) is 2. The zero-order chi connectivity index (χ0) is 18.5. The molecule has 1 atom stereocenters. The fraction of sp³-hybridized carbons (Fsp3) is 0.579. The molecule has 1 aromatic rings. The van der Waals surface area contributed by atoms with Crippen molar-refractivity contribution in [1.29, 1.82) is 0 Å². The number of rotatable bonds is 5. The summed E-state index contributed by atoms with van der Waals surface area (Å²) in [6.07, 6.45) is 2.61. The highest BCUT2D eigenvalue weighted by Gasteiger charge is 2.53. The van der Waals surface area contributed by atoms with Crippen LogP contribution in [0.25, 0.3) is 0 Å². The van der Waals surface area contributed by atoms with E-state index in [4.69, 9.17) is 14.6 Å². The molecule has 1 heterocycles. The van der Waals surface area contributed by atoms with E-state index in [1.165, 1.54) is 12.5 Å². The zero-order valence-corrected chi connectivity index (χ0v) is 15.0. The van der Waals surface area contributed by atoms with Crippen molar-refractivity contribution in [1.82, 2.24) is 10.6 Å². The Morgan fingerprint density at radius 1 is 1.35 bits per heavy atom. The van der Waals surface area contributed by atoms with Crippen LogP contribution in [-0.4, -0.2) is 41.9 Å². The molecule has 2 amide bonds. The van der Waals surface area contributed by atoms with E-state index in [9.17, 15) is 9.59 Å². The number of ether oxygens (including phenoxy) is 2. The monoisotopic (exact) mass is 360 g/mol. The molecule has 26 heavy (non-hydrogen) atoms. The summed E-state index contributed by atoms with van der Waals surface area (Å²) in [6.45, 7) is 4.34. The first-order valence-electron chi connectivity index (χ1n) is 9.11. The van der Waals surface area contributed by atoms with Gasteiger partial charge in [0.1, 0.15) is 23.6 Å². The second kappa shape index (κ2) is 6.07. The molecule has 0 radical (unpaired) electrons. The molecule has 0 bridgehead atoms. The van der Waals surface area contributed by atoms with Crippen LogP contribution in [-0.2, 0) is 10.2 Å². The molecule has 3 N–H and O–H groups in total. The summed E-state index contributed by atoms with van der Waals surface area (Å²) in [6, 6.07) is 3.33. The standard InChI is InChI=1S/C19H24N2O5/c1-10-3-4-14(15-16(10)25-9-19(15)5-6-19)26-13-7-12(8-13)21-17(22)11(2)20-18(23)24/h3-4,11-13,20H,5-9H2,1-2H3,(H,21,22)(H,23,24)/t11-,12?,13?/m0/s1. The van der Waals surface area contributed by atoms with Gasteiger partial charge in [-0.05, 0) is 38.3 Å². The van der Waals surface area contributed by atoms with Gasteiger partial charge in [0.05, 0.1) is 6.61 Å². The van der Waals surface area contributed by atoms with E-state index in [-0.39, 0.29) is 23.5 Å². The van der Waals surface area contributed by atoms with Crippen molar-refractivity contribution >= 4 is 12.0 Å². The summed E-state index contributed by atoms with van der Waals surface area (Å²) in [5, 5.41) is 13.7. The molecule has 2 fully saturated rings. The summed E-state index contributed by atoms with van der Waals surface area (Å²) in [7, 11) is 0. The van der Waals surface area contributed by atoms with Gasteiger partial charge in [-0.15, -0.1) is 0 Å². The van der Waals surface area contributed by atoms with Crippen LogP contribution < -0.4 is 20.1 Å². The van der Waals surface area contributed by atoms with E-state index >= 15 is 0 Å². The summed E-state index contributed by atoms with van der Waals surface area (Å²) >= 11 is 0. The molecule has 2 saturated carbocycles. The molecule has 2 aliphatic carbocycles. The van der Waals surface area contributed by atoms with Crippen LogP contribution in [0.3, 0.4) is 0 Å². The molecule has 1 spiro atoms. The minimum atomic E-state index is -1.20. The van der Waals surface area contributed by atoms with Crippen molar-refractivity contribution in [2.45, 2.75) is 63.1 Å². The van der Waals surface area contributed by atoms with E-state index in [0.717, 1.165) is 49.4 Å². The largest absolute Gasteiger partial charge is 0.492 e. The average Bonchev–Trinajstić information content (AvgIpc) is 3.21. The lowest BCUT2D eigenvalue weighted by molar-refractivity contribution is -0.124. The van der Waals surface area contributed by atoms with Gasteiger partial charge in [0.2, 0.25) is 5.91 Å². The van der Waals surface area contributed by atoms with Gasteiger partial charge in [-0.1, -0.05) is 6.07 Å². The Kier molecular flexibility index (Phi) is 3.97. The van der Waals surface area contributed by atoms with Crippen molar-refractivity contribution in [3.8, 4) is 11.5 Å². The second-order valence-corrected chi connectivity index (χ2v) is 7.74. The number of carbonyl (C=O) groups excluding carboxylic acids is 1. The summed E-state index contributed by atoms with van der Waals surface area (Å²) in [5.41, 5.74) is 2.53. The molecule has 0 saturated heterocycles. The molecular formula is C19H24N2O5. The summed E-state index contributed by atoms with van der Waals surface area (Å²) < 4.78 is 12.1. The highest BCUT2D eigenvalue weighted by molar-refractivity contribution is 5.85. The molecule has 0 unspecified atom stereocenters. The van der Waals surface area contributed by atoms with E-state index in [2.05, 4.69) is 17.6 Å². The van der Waals surface area contributed by atoms with E-state index in [0.29, 0.717) is 0 Å². The number of carbonyl (C=O) groups is 2. The number of fused-ring (bicyclic) bond motifs is 2. The highest BCUT2D eigenvalue weighted by Crippen LogP contribution is 2.59. The van der Waals surface area contributed by atoms with E-state index < -0.39 is 12.1 Å². The van der Waals surface area contributed by atoms with Gasteiger partial charge in [0.25, 0.3) is 0 Å². The molecule has 0 aromatic heterocycles. The molecule has 3 aliphatic rings. The highest BCUT2D eigenvalue weighted by atomic mass is 16.5. The number of benzene rings is 1. The Morgan fingerprint density at radius 2 is 2.08 bits per heavy atom. The SMILES string of the molecule is Cc1ccc(OC2CC(NC(=O)[C@H](C)NC(=O)O)C2)c2c1OCC21CC1. The van der Waals surface area contributed by atoms with Crippen LogP contribution in [0.4, 0.5) is 4.79 Å². The Bertz CT molecular complexity index is 753. The predicted octanol–water partition coefficient (Wildman–Crippen LogP) is 2.10. The van der Waals surface area contributed by atoms with Gasteiger partial charge in [-0.3, -0.25) is 4.79 Å². The fourth-order valence-corrected chi connectivity index (χ4v) is 3.82. The van der Waals surface area contributed by atoms with Gasteiger partial charge in [0, 0.05) is 29.9 Å².